The Bertz CT molecular complexity index is 562. The molecule has 1 heterocycles. The summed E-state index contributed by atoms with van der Waals surface area (Å²) in [7, 11) is 0. The van der Waals surface area contributed by atoms with Crippen molar-refractivity contribution in [2.24, 2.45) is 0 Å². The molecular formula is C14H17ClFN3O3. The highest BCUT2D eigenvalue weighted by Gasteiger charge is 2.25. The first kappa shape index (κ1) is 16.4. The van der Waals surface area contributed by atoms with Crippen LogP contribution in [-0.2, 0) is 4.74 Å². The first-order valence-electron chi connectivity index (χ1n) is 6.94. The molecule has 0 aliphatic carbocycles. The molecule has 0 saturated carbocycles. The maximum absolute atomic E-state index is 13.6. The Morgan fingerprint density at radius 3 is 2.50 bits per heavy atom. The zero-order valence-corrected chi connectivity index (χ0v) is 12.9. The number of nitrogens with zero attached hydrogens (tertiary/aromatic N) is 2. The Hall–Kier alpha value is -2.02. The second-order valence-corrected chi connectivity index (χ2v) is 5.16. The number of amides is 3. The van der Waals surface area contributed by atoms with Gasteiger partial charge in [0, 0.05) is 31.2 Å². The molecule has 8 heteroatoms. The molecule has 1 N–H and O–H groups in total. The maximum Gasteiger partial charge on any atom is 0.409 e. The van der Waals surface area contributed by atoms with Gasteiger partial charge in [-0.2, -0.15) is 0 Å². The average Bonchev–Trinajstić information content (AvgIpc) is 2.50. The minimum absolute atomic E-state index is 0.0715. The van der Waals surface area contributed by atoms with Gasteiger partial charge in [-0.15, -0.1) is 0 Å². The molecule has 22 heavy (non-hydrogen) atoms. The van der Waals surface area contributed by atoms with Crippen molar-refractivity contribution in [3.05, 3.63) is 29.0 Å². The summed E-state index contributed by atoms with van der Waals surface area (Å²) in [5.41, 5.74) is 0.0715. The number of carbonyl (C=O) groups excluding carboxylic acids is 2. The molecule has 3 amide bonds. The minimum atomic E-state index is -0.592. The second kappa shape index (κ2) is 7.31. The number of hydrogen-bond acceptors (Lipinski definition) is 3. The van der Waals surface area contributed by atoms with Gasteiger partial charge >= 0.3 is 12.1 Å². The third kappa shape index (κ3) is 4.00. The van der Waals surface area contributed by atoms with Crippen molar-refractivity contribution >= 4 is 29.4 Å². The molecule has 0 bridgehead atoms. The summed E-state index contributed by atoms with van der Waals surface area (Å²) in [6.07, 6.45) is -0.383. The Labute approximate surface area is 132 Å². The van der Waals surface area contributed by atoms with E-state index in [-0.39, 0.29) is 16.8 Å². The van der Waals surface area contributed by atoms with Crippen molar-refractivity contribution in [2.45, 2.75) is 6.92 Å². The van der Waals surface area contributed by atoms with E-state index in [9.17, 15) is 14.0 Å². The van der Waals surface area contributed by atoms with Crippen molar-refractivity contribution in [1.29, 1.82) is 0 Å². The average molecular weight is 330 g/mol. The van der Waals surface area contributed by atoms with Crippen LogP contribution in [0.15, 0.2) is 18.2 Å². The molecule has 1 aliphatic rings. The lowest BCUT2D eigenvalue weighted by atomic mass is 10.3. The van der Waals surface area contributed by atoms with Gasteiger partial charge in [0.1, 0.15) is 5.82 Å². The SMILES string of the molecule is CCOC(=O)N1CCN(C(=O)Nc2ccc(Cl)cc2F)CC1. The van der Waals surface area contributed by atoms with Crippen LogP contribution in [0.2, 0.25) is 5.02 Å². The number of halogens is 2. The largest absolute Gasteiger partial charge is 0.450 e. The van der Waals surface area contributed by atoms with Crippen molar-refractivity contribution in [2.75, 3.05) is 38.1 Å². The molecule has 120 valence electrons. The van der Waals surface area contributed by atoms with E-state index in [1.54, 1.807) is 6.92 Å². The summed E-state index contributed by atoms with van der Waals surface area (Å²) in [4.78, 5) is 26.7. The zero-order chi connectivity index (χ0) is 16.1. The van der Waals surface area contributed by atoms with E-state index in [2.05, 4.69) is 5.32 Å². The van der Waals surface area contributed by atoms with Gasteiger partial charge < -0.3 is 19.9 Å². The van der Waals surface area contributed by atoms with Gasteiger partial charge in [0.25, 0.3) is 0 Å². The van der Waals surface area contributed by atoms with E-state index < -0.39 is 11.8 Å². The Kier molecular flexibility index (Phi) is 5.43. The van der Waals surface area contributed by atoms with Gasteiger partial charge in [-0.05, 0) is 25.1 Å². The fourth-order valence-electron chi connectivity index (χ4n) is 2.09. The van der Waals surface area contributed by atoms with Crippen molar-refractivity contribution in [1.82, 2.24) is 9.80 Å². The van der Waals surface area contributed by atoms with E-state index in [0.717, 1.165) is 6.07 Å². The summed E-state index contributed by atoms with van der Waals surface area (Å²) in [5.74, 6) is -0.592. The number of benzene rings is 1. The summed E-state index contributed by atoms with van der Waals surface area (Å²) >= 11 is 5.66. The van der Waals surface area contributed by atoms with Crippen LogP contribution >= 0.6 is 11.6 Å². The summed E-state index contributed by atoms with van der Waals surface area (Å²) in [6.45, 7) is 3.54. The number of piperazine rings is 1. The summed E-state index contributed by atoms with van der Waals surface area (Å²) in [6, 6.07) is 3.63. The van der Waals surface area contributed by atoms with Crippen molar-refractivity contribution < 1.29 is 18.7 Å². The smallest absolute Gasteiger partial charge is 0.409 e. The van der Waals surface area contributed by atoms with Crippen LogP contribution in [0.5, 0.6) is 0 Å². The van der Waals surface area contributed by atoms with Gasteiger partial charge in [-0.25, -0.2) is 14.0 Å². The molecule has 0 spiro atoms. The van der Waals surface area contributed by atoms with Gasteiger partial charge in [0.15, 0.2) is 0 Å². The van der Waals surface area contributed by atoms with E-state index >= 15 is 0 Å². The molecule has 0 aromatic heterocycles. The number of nitrogens with one attached hydrogen (secondary N) is 1. The molecule has 1 aromatic rings. The van der Waals surface area contributed by atoms with Gasteiger partial charge in [0.05, 0.1) is 12.3 Å². The predicted octanol–water partition coefficient (Wildman–Crippen LogP) is 2.79. The lowest BCUT2D eigenvalue weighted by Gasteiger charge is -2.34. The van der Waals surface area contributed by atoms with Crippen LogP contribution in [0.4, 0.5) is 19.7 Å². The molecule has 1 aliphatic heterocycles. The monoisotopic (exact) mass is 329 g/mol. The minimum Gasteiger partial charge on any atom is -0.450 e. The number of rotatable bonds is 2. The Morgan fingerprint density at radius 2 is 1.91 bits per heavy atom. The number of ether oxygens (including phenoxy) is 1. The maximum atomic E-state index is 13.6. The number of urea groups is 1. The van der Waals surface area contributed by atoms with Crippen LogP contribution < -0.4 is 5.32 Å². The molecule has 2 rings (SSSR count). The fraction of sp³-hybridized carbons (Fsp3) is 0.429. The second-order valence-electron chi connectivity index (χ2n) is 4.73. The lowest BCUT2D eigenvalue weighted by Crippen LogP contribution is -2.51. The van der Waals surface area contributed by atoms with Crippen LogP contribution in [0.1, 0.15) is 6.92 Å². The number of carbonyl (C=O) groups is 2. The highest BCUT2D eigenvalue weighted by Crippen LogP contribution is 2.19. The van der Waals surface area contributed by atoms with Gasteiger partial charge in [-0.1, -0.05) is 11.6 Å². The highest BCUT2D eigenvalue weighted by molar-refractivity contribution is 6.30. The first-order chi connectivity index (χ1) is 10.5. The topological polar surface area (TPSA) is 61.9 Å². The predicted molar refractivity (Wildman–Crippen MR) is 80.6 cm³/mol. The van der Waals surface area contributed by atoms with Crippen molar-refractivity contribution in [3.8, 4) is 0 Å². The molecule has 0 radical (unpaired) electrons. The van der Waals surface area contributed by atoms with Gasteiger partial charge in [-0.3, -0.25) is 0 Å². The molecule has 1 fully saturated rings. The molecule has 0 unspecified atom stereocenters. The van der Waals surface area contributed by atoms with E-state index in [0.29, 0.717) is 32.8 Å². The quantitative estimate of drug-likeness (QED) is 0.907. The molecule has 6 nitrogen and oxygen atoms in total. The molecule has 1 aromatic carbocycles. The normalized spacial score (nSPS) is 14.7. The Morgan fingerprint density at radius 1 is 1.27 bits per heavy atom. The third-order valence-corrected chi connectivity index (χ3v) is 3.50. The summed E-state index contributed by atoms with van der Waals surface area (Å²) < 4.78 is 18.5. The summed E-state index contributed by atoms with van der Waals surface area (Å²) in [5, 5.41) is 2.76. The number of hydrogen-bond donors (Lipinski definition) is 1. The van der Waals surface area contributed by atoms with Crippen LogP contribution in [0, 0.1) is 5.82 Å². The standard InChI is InChI=1S/C14H17ClFN3O3/c1-2-22-14(21)19-7-5-18(6-8-19)13(20)17-12-4-3-10(15)9-11(12)16/h3-4,9H,2,5-8H2,1H3,(H,17,20). The van der Waals surface area contributed by atoms with Gasteiger partial charge in [0.2, 0.25) is 0 Å². The first-order valence-corrected chi connectivity index (χ1v) is 7.31. The van der Waals surface area contributed by atoms with Crippen LogP contribution in [0.25, 0.3) is 0 Å². The molecular weight excluding hydrogens is 313 g/mol. The fourth-order valence-corrected chi connectivity index (χ4v) is 2.25. The van der Waals surface area contributed by atoms with E-state index in [1.807, 2.05) is 0 Å². The molecule has 0 atom stereocenters. The van der Waals surface area contributed by atoms with E-state index in [1.165, 1.54) is 21.9 Å². The van der Waals surface area contributed by atoms with Crippen molar-refractivity contribution in [3.63, 3.8) is 0 Å². The highest BCUT2D eigenvalue weighted by atomic mass is 35.5. The van der Waals surface area contributed by atoms with E-state index in [4.69, 9.17) is 16.3 Å². The molecule has 1 saturated heterocycles. The zero-order valence-electron chi connectivity index (χ0n) is 12.1. The third-order valence-electron chi connectivity index (χ3n) is 3.27. The van der Waals surface area contributed by atoms with Crippen LogP contribution in [0.3, 0.4) is 0 Å². The lowest BCUT2D eigenvalue weighted by molar-refractivity contribution is 0.0868. The Balaban J connectivity index is 1.88. The van der Waals surface area contributed by atoms with Crippen LogP contribution in [-0.4, -0.2) is 54.7 Å². The number of anilines is 1.